The van der Waals surface area contributed by atoms with Crippen LogP contribution >= 0.6 is 0 Å². The Hall–Kier alpha value is -1.30. The maximum absolute atomic E-state index is 11.8. The minimum absolute atomic E-state index is 0.282. The van der Waals surface area contributed by atoms with E-state index in [4.69, 9.17) is 26.2 Å². The van der Waals surface area contributed by atoms with Crippen LogP contribution in [0.1, 0.15) is 32.6 Å². The Bertz CT molecular complexity index is 442. The zero-order valence-electron chi connectivity index (χ0n) is 12.2. The van der Waals surface area contributed by atoms with Gasteiger partial charge in [-0.2, -0.15) is 8.42 Å². The van der Waals surface area contributed by atoms with Gasteiger partial charge in [0.05, 0.1) is 5.75 Å². The Morgan fingerprint density at radius 1 is 1.09 bits per heavy atom. The van der Waals surface area contributed by atoms with Crippen molar-refractivity contribution in [1.82, 2.24) is 0 Å². The number of aliphatic carboxylic acids is 2. The fourth-order valence-electron chi connectivity index (χ4n) is 1.15. The topological polar surface area (TPSA) is 181 Å². The number of halogens is 1. The van der Waals surface area contributed by atoms with Crippen molar-refractivity contribution in [1.29, 1.82) is 0 Å². The fourth-order valence-corrected chi connectivity index (χ4v) is 1.71. The normalized spacial score (nSPS) is 15.1. The van der Waals surface area contributed by atoms with Crippen molar-refractivity contribution < 1.29 is 37.2 Å². The van der Waals surface area contributed by atoms with Crippen LogP contribution in [-0.4, -0.2) is 59.1 Å². The largest absolute Gasteiger partial charge is 0.480 e. The van der Waals surface area contributed by atoms with Gasteiger partial charge in [-0.1, -0.05) is 12.8 Å². The van der Waals surface area contributed by atoms with Gasteiger partial charge in [0.1, 0.15) is 18.3 Å². The molecule has 0 saturated heterocycles. The molecule has 0 aromatic heterocycles. The molecule has 11 heteroatoms. The van der Waals surface area contributed by atoms with E-state index >= 15 is 0 Å². The number of rotatable bonds is 9. The molecular formula is C11H23FN2O7S. The molecular weight excluding hydrogens is 323 g/mol. The molecule has 0 aliphatic rings. The maximum Gasteiger partial charge on any atom is 0.323 e. The van der Waals surface area contributed by atoms with Crippen LogP contribution in [0.4, 0.5) is 4.39 Å². The van der Waals surface area contributed by atoms with Gasteiger partial charge in [0.15, 0.2) is 0 Å². The lowest BCUT2D eigenvalue weighted by Crippen LogP contribution is -2.37. The second kappa shape index (κ2) is 11.3. The maximum atomic E-state index is 11.8. The van der Waals surface area contributed by atoms with Crippen molar-refractivity contribution in [3.63, 3.8) is 0 Å². The van der Waals surface area contributed by atoms with Crippen LogP contribution < -0.4 is 11.5 Å². The Labute approximate surface area is 128 Å². The molecule has 0 aliphatic carbocycles. The average Bonchev–Trinajstić information content (AvgIpc) is 2.36. The third kappa shape index (κ3) is 15.1. The van der Waals surface area contributed by atoms with E-state index in [9.17, 15) is 22.4 Å². The van der Waals surface area contributed by atoms with Crippen LogP contribution in [0.15, 0.2) is 0 Å². The molecule has 0 rings (SSSR count). The second-order valence-electron chi connectivity index (χ2n) is 4.62. The summed E-state index contributed by atoms with van der Waals surface area (Å²) in [6.07, 6.45) is 0.253. The van der Waals surface area contributed by atoms with Gasteiger partial charge in [-0.05, 0) is 19.8 Å². The minimum atomic E-state index is -3.89. The highest BCUT2D eigenvalue weighted by Crippen LogP contribution is 2.03. The first-order valence-corrected chi connectivity index (χ1v) is 8.05. The Morgan fingerprint density at radius 2 is 1.59 bits per heavy atom. The lowest BCUT2D eigenvalue weighted by molar-refractivity contribution is -0.140. The highest BCUT2D eigenvalue weighted by atomic mass is 32.2. The summed E-state index contributed by atoms with van der Waals surface area (Å²) in [5.41, 5.74) is 10.0. The van der Waals surface area contributed by atoms with Crippen LogP contribution in [0.3, 0.4) is 0 Å². The standard InChI is InChI=1S/C7H15NO5S.C4H8FNO2/c8-6(7(9)10)4-2-1-3-5-14(11,12)13;1-2(5)3(6)4(7)8/h6H,1-5,8H2,(H,9,10)(H,11,12,13);2-3H,6H2,1H3,(H,7,8). The monoisotopic (exact) mass is 346 g/mol. The van der Waals surface area contributed by atoms with Crippen molar-refractivity contribution in [3.05, 3.63) is 0 Å². The van der Waals surface area contributed by atoms with Crippen LogP contribution in [0, 0.1) is 0 Å². The fraction of sp³-hybridized carbons (Fsp3) is 0.818. The number of nitrogens with two attached hydrogens (primary N) is 2. The molecule has 0 saturated carbocycles. The molecule has 9 nitrogen and oxygen atoms in total. The van der Waals surface area contributed by atoms with E-state index in [1.165, 1.54) is 0 Å². The van der Waals surface area contributed by atoms with E-state index in [1.54, 1.807) is 0 Å². The molecule has 0 spiro atoms. The zero-order chi connectivity index (χ0) is 17.9. The highest BCUT2D eigenvalue weighted by molar-refractivity contribution is 7.85. The number of carbonyl (C=O) groups is 2. The predicted octanol–water partition coefficient (Wildman–Crippen LogP) is -0.397. The first-order chi connectivity index (χ1) is 9.88. The summed E-state index contributed by atoms with van der Waals surface area (Å²) >= 11 is 0. The van der Waals surface area contributed by atoms with Gasteiger partial charge < -0.3 is 21.7 Å². The summed E-state index contributed by atoms with van der Waals surface area (Å²) in [5.74, 6) is -2.64. The van der Waals surface area contributed by atoms with E-state index < -0.39 is 40.3 Å². The highest BCUT2D eigenvalue weighted by Gasteiger charge is 2.18. The lowest BCUT2D eigenvalue weighted by atomic mass is 10.1. The minimum Gasteiger partial charge on any atom is -0.480 e. The van der Waals surface area contributed by atoms with Gasteiger partial charge in [0.25, 0.3) is 10.1 Å². The third-order valence-corrected chi connectivity index (χ3v) is 3.32. The van der Waals surface area contributed by atoms with Crippen molar-refractivity contribution in [2.75, 3.05) is 5.75 Å². The third-order valence-electron chi connectivity index (χ3n) is 2.51. The van der Waals surface area contributed by atoms with Crippen molar-refractivity contribution in [3.8, 4) is 0 Å². The van der Waals surface area contributed by atoms with Crippen LogP contribution in [-0.2, 0) is 19.7 Å². The van der Waals surface area contributed by atoms with Gasteiger partial charge in [0, 0.05) is 0 Å². The van der Waals surface area contributed by atoms with Crippen LogP contribution in [0.25, 0.3) is 0 Å². The Morgan fingerprint density at radius 3 is 1.86 bits per heavy atom. The number of alkyl halides is 1. The quantitative estimate of drug-likeness (QED) is 0.274. The summed E-state index contributed by atoms with van der Waals surface area (Å²) in [5, 5.41) is 16.4. The van der Waals surface area contributed by atoms with Crippen LogP contribution in [0.5, 0.6) is 0 Å². The predicted molar refractivity (Wildman–Crippen MR) is 76.7 cm³/mol. The summed E-state index contributed by atoms with van der Waals surface area (Å²) in [7, 11) is -3.89. The van der Waals surface area contributed by atoms with Gasteiger partial charge in [-0.25, -0.2) is 4.39 Å². The smallest absolute Gasteiger partial charge is 0.323 e. The average molecular weight is 346 g/mol. The molecule has 0 aliphatic heterocycles. The number of carboxylic acid groups (broad SMARTS) is 2. The molecule has 3 atom stereocenters. The molecule has 3 unspecified atom stereocenters. The first kappa shape index (κ1) is 23.0. The molecule has 0 aromatic carbocycles. The summed E-state index contributed by atoms with van der Waals surface area (Å²) in [6, 6.07) is -2.27. The van der Waals surface area contributed by atoms with Crippen molar-refractivity contribution in [2.24, 2.45) is 11.5 Å². The van der Waals surface area contributed by atoms with Gasteiger partial charge in [-0.3, -0.25) is 14.1 Å². The van der Waals surface area contributed by atoms with Gasteiger partial charge in [0.2, 0.25) is 0 Å². The summed E-state index contributed by atoms with van der Waals surface area (Å²) in [4.78, 5) is 20.0. The molecule has 0 radical (unpaired) electrons. The molecule has 0 bridgehead atoms. The number of carboxylic acids is 2. The van der Waals surface area contributed by atoms with Crippen LogP contribution in [0.2, 0.25) is 0 Å². The SMILES string of the molecule is CC(F)C(N)C(=O)O.NC(CCCCCS(=O)(=O)O)C(=O)O. The summed E-state index contributed by atoms with van der Waals surface area (Å²) in [6.45, 7) is 1.11. The molecule has 22 heavy (non-hydrogen) atoms. The van der Waals surface area contributed by atoms with E-state index in [0.717, 1.165) is 6.92 Å². The molecule has 0 fully saturated rings. The number of unbranched alkanes of at least 4 members (excludes halogenated alkanes) is 2. The molecule has 0 aromatic rings. The second-order valence-corrected chi connectivity index (χ2v) is 6.19. The Balaban J connectivity index is 0. The zero-order valence-corrected chi connectivity index (χ0v) is 13.0. The van der Waals surface area contributed by atoms with Gasteiger partial charge in [-0.15, -0.1) is 0 Å². The molecule has 132 valence electrons. The van der Waals surface area contributed by atoms with E-state index in [1.807, 2.05) is 0 Å². The van der Waals surface area contributed by atoms with Crippen molar-refractivity contribution >= 4 is 22.1 Å². The number of hydrogen-bond acceptors (Lipinski definition) is 6. The lowest BCUT2D eigenvalue weighted by Gasteiger charge is -2.04. The van der Waals surface area contributed by atoms with Crippen molar-refractivity contribution in [2.45, 2.75) is 50.9 Å². The van der Waals surface area contributed by atoms with E-state index in [2.05, 4.69) is 0 Å². The first-order valence-electron chi connectivity index (χ1n) is 6.44. The van der Waals surface area contributed by atoms with E-state index in [-0.39, 0.29) is 5.75 Å². The Kier molecular flexibility index (Phi) is 11.8. The van der Waals surface area contributed by atoms with Gasteiger partial charge >= 0.3 is 11.9 Å². The molecule has 0 amide bonds. The molecule has 7 N–H and O–H groups in total. The van der Waals surface area contributed by atoms with E-state index in [0.29, 0.717) is 25.7 Å². The number of hydrogen-bond donors (Lipinski definition) is 5. The molecule has 0 heterocycles. The summed E-state index contributed by atoms with van der Waals surface area (Å²) < 4.78 is 40.8.